The van der Waals surface area contributed by atoms with Crippen LogP contribution in [0.3, 0.4) is 0 Å². The van der Waals surface area contributed by atoms with E-state index in [9.17, 15) is 0 Å². The normalized spacial score (nSPS) is 30.2. The van der Waals surface area contributed by atoms with Crippen LogP contribution < -0.4 is 0 Å². The topological polar surface area (TPSA) is 0 Å². The van der Waals surface area contributed by atoms with Gasteiger partial charge in [0, 0.05) is 0 Å². The summed E-state index contributed by atoms with van der Waals surface area (Å²) in [5.41, 5.74) is 2.94. The maximum absolute atomic E-state index is 2.60. The van der Waals surface area contributed by atoms with Gasteiger partial charge >= 0.3 is 0 Å². The van der Waals surface area contributed by atoms with Crippen molar-refractivity contribution in [2.45, 2.75) is 84.0 Å². The highest BCUT2D eigenvalue weighted by Crippen LogP contribution is 2.37. The lowest BCUT2D eigenvalue weighted by molar-refractivity contribution is 0.295. The predicted molar refractivity (Wildman–Crippen MR) is 115 cm³/mol. The molecule has 0 heterocycles. The van der Waals surface area contributed by atoms with Crippen molar-refractivity contribution >= 4 is 0 Å². The molecule has 0 amide bonds. The third-order valence-electron chi connectivity index (χ3n) is 6.84. The molecule has 0 atom stereocenters. The lowest BCUT2D eigenvalue weighted by Gasteiger charge is -2.29. The van der Waals surface area contributed by atoms with Gasteiger partial charge in [-0.2, -0.15) is 0 Å². The molecule has 1 aromatic carbocycles. The van der Waals surface area contributed by atoms with Crippen LogP contribution in [0.2, 0.25) is 0 Å². The van der Waals surface area contributed by atoms with Gasteiger partial charge in [-0.1, -0.05) is 54.1 Å². The summed E-state index contributed by atoms with van der Waals surface area (Å²) in [6.45, 7) is 4.32. The van der Waals surface area contributed by atoms with Crippen LogP contribution in [-0.2, 0) is 0 Å². The lowest BCUT2D eigenvalue weighted by atomic mass is 9.77. The summed E-state index contributed by atoms with van der Waals surface area (Å²) in [6.07, 6.45) is 23.7. The smallest absolute Gasteiger partial charge is 0.0162 e. The minimum absolute atomic E-state index is 0.799. The molecule has 142 valence electrons. The summed E-state index contributed by atoms with van der Waals surface area (Å²) < 4.78 is 0. The number of aryl methyl sites for hydroxylation is 1. The molecule has 2 saturated carbocycles. The average molecular weight is 351 g/mol. The molecule has 0 aromatic heterocycles. The first kappa shape index (κ1) is 19.5. The van der Waals surface area contributed by atoms with Gasteiger partial charge in [0.1, 0.15) is 0 Å². The standard InChI is InChI=1S/C26H38/c1-3-4-5-6-22-9-11-23(12-10-22)13-14-24-15-19-26(20-16-24)25-17-7-21(2)8-18-25/h3-4,7-8,13-14,17-18,22-24,26H,5-6,9-12,15-16,19-20H2,1-2H3/b4-3+,14-13+. The van der Waals surface area contributed by atoms with Crippen LogP contribution in [0, 0.1) is 24.7 Å². The van der Waals surface area contributed by atoms with E-state index in [1.807, 2.05) is 0 Å². The maximum atomic E-state index is 2.60. The molecule has 0 aliphatic heterocycles. The van der Waals surface area contributed by atoms with E-state index in [-0.39, 0.29) is 0 Å². The molecule has 0 radical (unpaired) electrons. The Morgan fingerprint density at radius 1 is 0.808 bits per heavy atom. The molecule has 0 saturated heterocycles. The Balaban J connectivity index is 1.37. The van der Waals surface area contributed by atoms with E-state index < -0.39 is 0 Å². The molecule has 2 aliphatic carbocycles. The SMILES string of the molecule is C/C=C/CCC1CCC(/C=C/C2CCC(c3ccc(C)cc3)CC2)CC1. The van der Waals surface area contributed by atoms with E-state index in [1.165, 1.54) is 69.8 Å². The second kappa shape index (κ2) is 10.1. The number of rotatable bonds is 6. The van der Waals surface area contributed by atoms with Crippen molar-refractivity contribution in [3.05, 3.63) is 59.7 Å². The molecule has 0 spiro atoms. The van der Waals surface area contributed by atoms with Gasteiger partial charge in [0.05, 0.1) is 0 Å². The zero-order valence-electron chi connectivity index (χ0n) is 17.0. The average Bonchev–Trinajstić information content (AvgIpc) is 2.69. The van der Waals surface area contributed by atoms with Crippen LogP contribution in [0.4, 0.5) is 0 Å². The molecule has 3 rings (SSSR count). The van der Waals surface area contributed by atoms with Gasteiger partial charge in [0.15, 0.2) is 0 Å². The van der Waals surface area contributed by atoms with Crippen molar-refractivity contribution in [1.29, 1.82) is 0 Å². The van der Waals surface area contributed by atoms with Gasteiger partial charge < -0.3 is 0 Å². The highest BCUT2D eigenvalue weighted by molar-refractivity contribution is 5.25. The van der Waals surface area contributed by atoms with E-state index in [2.05, 4.69) is 62.4 Å². The van der Waals surface area contributed by atoms with Gasteiger partial charge in [-0.25, -0.2) is 0 Å². The summed E-state index contributed by atoms with van der Waals surface area (Å²) in [5.74, 6) is 3.49. The first-order valence-electron chi connectivity index (χ1n) is 11.1. The lowest BCUT2D eigenvalue weighted by Crippen LogP contribution is -2.14. The van der Waals surface area contributed by atoms with Crippen LogP contribution in [0.5, 0.6) is 0 Å². The summed E-state index contributed by atoms with van der Waals surface area (Å²) in [5, 5.41) is 0. The fourth-order valence-corrected chi connectivity index (χ4v) is 4.97. The molecule has 0 heteroatoms. The van der Waals surface area contributed by atoms with Crippen molar-refractivity contribution in [3.8, 4) is 0 Å². The summed E-state index contributed by atoms with van der Waals surface area (Å²) in [4.78, 5) is 0. The van der Waals surface area contributed by atoms with E-state index in [0.29, 0.717) is 0 Å². The monoisotopic (exact) mass is 350 g/mol. The zero-order chi connectivity index (χ0) is 18.2. The molecule has 0 unspecified atom stereocenters. The fraction of sp³-hybridized carbons (Fsp3) is 0.615. The maximum Gasteiger partial charge on any atom is -0.0162 e. The summed E-state index contributed by atoms with van der Waals surface area (Å²) in [7, 11) is 0. The van der Waals surface area contributed by atoms with Gasteiger partial charge in [-0.05, 0) is 107 Å². The van der Waals surface area contributed by atoms with E-state index in [1.54, 1.807) is 5.56 Å². The van der Waals surface area contributed by atoms with Crippen LogP contribution in [0.1, 0.15) is 88.2 Å². The van der Waals surface area contributed by atoms with Gasteiger partial charge in [-0.3, -0.25) is 0 Å². The van der Waals surface area contributed by atoms with Crippen LogP contribution in [-0.4, -0.2) is 0 Å². The summed E-state index contributed by atoms with van der Waals surface area (Å²) in [6, 6.07) is 9.25. The molecule has 0 nitrogen and oxygen atoms in total. The molecule has 2 aliphatic rings. The number of hydrogen-bond acceptors (Lipinski definition) is 0. The van der Waals surface area contributed by atoms with E-state index in [0.717, 1.165) is 23.7 Å². The minimum Gasteiger partial charge on any atom is -0.0917 e. The molecular weight excluding hydrogens is 312 g/mol. The van der Waals surface area contributed by atoms with E-state index in [4.69, 9.17) is 0 Å². The third kappa shape index (κ3) is 5.86. The Hall–Kier alpha value is -1.30. The second-order valence-corrected chi connectivity index (χ2v) is 8.83. The Morgan fingerprint density at radius 3 is 1.96 bits per heavy atom. The number of hydrogen-bond donors (Lipinski definition) is 0. The molecule has 2 fully saturated rings. The Kier molecular flexibility index (Phi) is 7.59. The van der Waals surface area contributed by atoms with Gasteiger partial charge in [0.2, 0.25) is 0 Å². The minimum atomic E-state index is 0.799. The van der Waals surface area contributed by atoms with Crippen molar-refractivity contribution in [2.24, 2.45) is 17.8 Å². The van der Waals surface area contributed by atoms with Crippen LogP contribution >= 0.6 is 0 Å². The second-order valence-electron chi connectivity index (χ2n) is 8.83. The molecule has 1 aromatic rings. The van der Waals surface area contributed by atoms with Crippen molar-refractivity contribution in [1.82, 2.24) is 0 Å². The Labute approximate surface area is 161 Å². The molecular formula is C26H38. The van der Waals surface area contributed by atoms with Crippen LogP contribution in [0.15, 0.2) is 48.6 Å². The largest absolute Gasteiger partial charge is 0.0917 e. The fourth-order valence-electron chi connectivity index (χ4n) is 4.97. The third-order valence-corrected chi connectivity index (χ3v) is 6.84. The zero-order valence-corrected chi connectivity index (χ0v) is 17.0. The van der Waals surface area contributed by atoms with Gasteiger partial charge in [0.25, 0.3) is 0 Å². The Morgan fingerprint density at radius 2 is 1.38 bits per heavy atom. The Bertz CT molecular complexity index is 561. The predicted octanol–water partition coefficient (Wildman–Crippen LogP) is 7.99. The highest BCUT2D eigenvalue weighted by atomic mass is 14.3. The first-order chi connectivity index (χ1) is 12.7. The van der Waals surface area contributed by atoms with Crippen LogP contribution in [0.25, 0.3) is 0 Å². The molecule has 0 N–H and O–H groups in total. The molecule has 26 heavy (non-hydrogen) atoms. The highest BCUT2D eigenvalue weighted by Gasteiger charge is 2.22. The van der Waals surface area contributed by atoms with Crippen molar-refractivity contribution in [2.75, 3.05) is 0 Å². The number of benzene rings is 1. The van der Waals surface area contributed by atoms with Crippen molar-refractivity contribution in [3.63, 3.8) is 0 Å². The van der Waals surface area contributed by atoms with E-state index >= 15 is 0 Å². The van der Waals surface area contributed by atoms with Gasteiger partial charge in [-0.15, -0.1) is 0 Å². The molecule has 0 bridgehead atoms. The van der Waals surface area contributed by atoms with Crippen molar-refractivity contribution < 1.29 is 0 Å². The number of allylic oxidation sites excluding steroid dienone is 4. The quantitative estimate of drug-likeness (QED) is 0.456. The first-order valence-corrected chi connectivity index (χ1v) is 11.1. The summed E-state index contributed by atoms with van der Waals surface area (Å²) >= 11 is 0.